The average molecular weight is 284 g/mol. The Hall–Kier alpha value is -2.14. The first-order valence-corrected chi connectivity index (χ1v) is 5.86. The van der Waals surface area contributed by atoms with Crippen LogP contribution in [0.5, 0.6) is 0 Å². The predicted molar refractivity (Wildman–Crippen MR) is 64.1 cm³/mol. The van der Waals surface area contributed by atoms with Crippen LogP contribution in [0, 0.1) is 18.3 Å². The first kappa shape index (κ1) is 13.3. The first-order valence-electron chi connectivity index (χ1n) is 5.09. The SMILES string of the molecule is Cc1nsc(Nc2ccc(C(F)(F)F)c(C#N)c2)n1. The Morgan fingerprint density at radius 3 is 2.63 bits per heavy atom. The van der Waals surface area contributed by atoms with Crippen LogP contribution in [0.25, 0.3) is 0 Å². The molecule has 0 aliphatic rings. The van der Waals surface area contributed by atoms with E-state index in [9.17, 15) is 13.2 Å². The zero-order chi connectivity index (χ0) is 14.0. The van der Waals surface area contributed by atoms with E-state index in [2.05, 4.69) is 14.7 Å². The Morgan fingerprint density at radius 1 is 1.37 bits per heavy atom. The van der Waals surface area contributed by atoms with Crippen LogP contribution in [0.2, 0.25) is 0 Å². The lowest BCUT2D eigenvalue weighted by Gasteiger charge is -2.10. The van der Waals surface area contributed by atoms with Gasteiger partial charge in [-0.1, -0.05) is 0 Å². The third-order valence-corrected chi connectivity index (χ3v) is 2.95. The van der Waals surface area contributed by atoms with Crippen LogP contribution in [0.1, 0.15) is 17.0 Å². The van der Waals surface area contributed by atoms with Crippen molar-refractivity contribution in [3.8, 4) is 6.07 Å². The largest absolute Gasteiger partial charge is 0.417 e. The summed E-state index contributed by atoms with van der Waals surface area (Å²) < 4.78 is 41.8. The summed E-state index contributed by atoms with van der Waals surface area (Å²) in [5.74, 6) is 0.569. The quantitative estimate of drug-likeness (QED) is 0.917. The second kappa shape index (κ2) is 4.85. The average Bonchev–Trinajstić information content (AvgIpc) is 2.73. The van der Waals surface area contributed by atoms with Crippen molar-refractivity contribution in [2.45, 2.75) is 13.1 Å². The van der Waals surface area contributed by atoms with Gasteiger partial charge in [0, 0.05) is 17.2 Å². The monoisotopic (exact) mass is 284 g/mol. The van der Waals surface area contributed by atoms with Crippen LogP contribution in [-0.4, -0.2) is 9.36 Å². The molecule has 1 N–H and O–H groups in total. The number of rotatable bonds is 2. The zero-order valence-corrected chi connectivity index (χ0v) is 10.4. The molecule has 98 valence electrons. The fourth-order valence-electron chi connectivity index (χ4n) is 1.43. The summed E-state index contributed by atoms with van der Waals surface area (Å²) in [6.45, 7) is 1.70. The van der Waals surface area contributed by atoms with E-state index in [-0.39, 0.29) is 0 Å². The highest BCUT2D eigenvalue weighted by Gasteiger charge is 2.33. The summed E-state index contributed by atoms with van der Waals surface area (Å²) in [4.78, 5) is 4.02. The number of anilines is 2. The smallest absolute Gasteiger partial charge is 0.330 e. The standard InChI is InChI=1S/C11H7F3N4S/c1-6-16-10(19-18-6)17-8-2-3-9(11(12,13)14)7(4-8)5-15/h2-4H,1H3,(H,16,17,18). The number of benzene rings is 1. The minimum absolute atomic E-state index is 0.362. The molecule has 8 heteroatoms. The molecule has 1 aromatic carbocycles. The van der Waals surface area contributed by atoms with Crippen molar-refractivity contribution in [3.05, 3.63) is 35.2 Å². The molecule has 2 aromatic rings. The topological polar surface area (TPSA) is 61.6 Å². The Kier molecular flexibility index (Phi) is 3.40. The van der Waals surface area contributed by atoms with Gasteiger partial charge in [-0.2, -0.15) is 22.8 Å². The van der Waals surface area contributed by atoms with Crippen molar-refractivity contribution in [1.82, 2.24) is 9.36 Å². The van der Waals surface area contributed by atoms with Crippen molar-refractivity contribution in [2.75, 3.05) is 5.32 Å². The molecule has 0 atom stereocenters. The molecule has 1 aromatic heterocycles. The van der Waals surface area contributed by atoms with E-state index in [0.717, 1.165) is 23.7 Å². The van der Waals surface area contributed by atoms with Gasteiger partial charge in [-0.25, -0.2) is 4.98 Å². The molecule has 2 rings (SSSR count). The maximum Gasteiger partial charge on any atom is 0.417 e. The summed E-state index contributed by atoms with van der Waals surface area (Å²) in [6.07, 6.45) is -4.54. The Balaban J connectivity index is 2.32. The van der Waals surface area contributed by atoms with Gasteiger partial charge in [0.15, 0.2) is 0 Å². The number of alkyl halides is 3. The fraction of sp³-hybridized carbons (Fsp3) is 0.182. The van der Waals surface area contributed by atoms with Crippen molar-refractivity contribution < 1.29 is 13.2 Å². The third-order valence-electron chi connectivity index (χ3n) is 2.22. The lowest BCUT2D eigenvalue weighted by Crippen LogP contribution is -2.08. The normalized spacial score (nSPS) is 11.1. The molecule has 0 unspecified atom stereocenters. The maximum atomic E-state index is 12.6. The van der Waals surface area contributed by atoms with E-state index in [1.54, 1.807) is 13.0 Å². The molecule has 0 radical (unpaired) electrons. The fourth-order valence-corrected chi connectivity index (χ4v) is 2.03. The molecule has 19 heavy (non-hydrogen) atoms. The second-order valence-electron chi connectivity index (χ2n) is 3.64. The van der Waals surface area contributed by atoms with Crippen molar-refractivity contribution in [2.24, 2.45) is 0 Å². The molecule has 0 saturated heterocycles. The number of nitriles is 1. The van der Waals surface area contributed by atoms with Crippen LogP contribution >= 0.6 is 11.5 Å². The van der Waals surface area contributed by atoms with E-state index in [0.29, 0.717) is 16.6 Å². The highest BCUT2D eigenvalue weighted by atomic mass is 32.1. The van der Waals surface area contributed by atoms with Gasteiger partial charge in [0.25, 0.3) is 0 Å². The number of halogens is 3. The highest BCUT2D eigenvalue weighted by molar-refractivity contribution is 7.09. The van der Waals surface area contributed by atoms with Crippen LogP contribution < -0.4 is 5.32 Å². The molecule has 0 aliphatic carbocycles. The van der Waals surface area contributed by atoms with Gasteiger partial charge >= 0.3 is 6.18 Å². The predicted octanol–water partition coefficient (Wildman–Crippen LogP) is 3.48. The molecular formula is C11H7F3N4S. The van der Waals surface area contributed by atoms with Crippen LogP contribution in [0.4, 0.5) is 24.0 Å². The molecule has 0 saturated carbocycles. The summed E-state index contributed by atoms with van der Waals surface area (Å²) in [7, 11) is 0. The number of hydrogen-bond acceptors (Lipinski definition) is 5. The van der Waals surface area contributed by atoms with Crippen LogP contribution in [0.3, 0.4) is 0 Å². The van der Waals surface area contributed by atoms with E-state index in [1.165, 1.54) is 6.07 Å². The molecule has 0 bridgehead atoms. The lowest BCUT2D eigenvalue weighted by molar-refractivity contribution is -0.137. The van der Waals surface area contributed by atoms with Crippen molar-refractivity contribution in [3.63, 3.8) is 0 Å². The second-order valence-corrected chi connectivity index (χ2v) is 4.39. The summed E-state index contributed by atoms with van der Waals surface area (Å²) >= 11 is 1.09. The molecule has 0 spiro atoms. The number of aromatic nitrogens is 2. The van der Waals surface area contributed by atoms with Gasteiger partial charge in [-0.15, -0.1) is 0 Å². The third kappa shape index (κ3) is 3.00. The van der Waals surface area contributed by atoms with Gasteiger partial charge in [0.2, 0.25) is 5.13 Å². The number of hydrogen-bond donors (Lipinski definition) is 1. The Bertz CT molecular complexity index is 642. The molecular weight excluding hydrogens is 277 g/mol. The first-order chi connectivity index (χ1) is 8.90. The van der Waals surface area contributed by atoms with Gasteiger partial charge in [0.05, 0.1) is 17.2 Å². The van der Waals surface area contributed by atoms with Crippen molar-refractivity contribution >= 4 is 22.4 Å². The minimum Gasteiger partial charge on any atom is -0.330 e. The molecule has 0 aliphatic heterocycles. The van der Waals surface area contributed by atoms with E-state index < -0.39 is 17.3 Å². The van der Waals surface area contributed by atoms with Crippen LogP contribution in [-0.2, 0) is 6.18 Å². The van der Waals surface area contributed by atoms with Gasteiger partial charge in [0.1, 0.15) is 5.82 Å². The summed E-state index contributed by atoms with van der Waals surface area (Å²) in [6, 6.07) is 4.80. The van der Waals surface area contributed by atoms with E-state index >= 15 is 0 Å². The molecule has 4 nitrogen and oxygen atoms in total. The number of nitrogens with zero attached hydrogens (tertiary/aromatic N) is 3. The molecule has 1 heterocycles. The molecule has 0 amide bonds. The summed E-state index contributed by atoms with van der Waals surface area (Å²) in [5.41, 5.74) is -1.02. The van der Waals surface area contributed by atoms with E-state index in [1.807, 2.05) is 0 Å². The zero-order valence-electron chi connectivity index (χ0n) is 9.62. The summed E-state index contributed by atoms with van der Waals surface area (Å²) in [5, 5.41) is 12.0. The Labute approximate surface area is 110 Å². The minimum atomic E-state index is -4.54. The van der Waals surface area contributed by atoms with Gasteiger partial charge in [-0.05, 0) is 25.1 Å². The molecule has 0 fully saturated rings. The highest BCUT2D eigenvalue weighted by Crippen LogP contribution is 2.33. The van der Waals surface area contributed by atoms with Gasteiger partial charge in [-0.3, -0.25) is 0 Å². The Morgan fingerprint density at radius 2 is 2.11 bits per heavy atom. The lowest BCUT2D eigenvalue weighted by atomic mass is 10.1. The maximum absolute atomic E-state index is 12.6. The van der Waals surface area contributed by atoms with E-state index in [4.69, 9.17) is 5.26 Å². The van der Waals surface area contributed by atoms with Crippen LogP contribution in [0.15, 0.2) is 18.2 Å². The number of aryl methyl sites for hydroxylation is 1. The van der Waals surface area contributed by atoms with Crippen molar-refractivity contribution in [1.29, 1.82) is 5.26 Å². The number of nitrogens with one attached hydrogen (secondary N) is 1. The van der Waals surface area contributed by atoms with Gasteiger partial charge < -0.3 is 5.32 Å².